The van der Waals surface area contributed by atoms with Crippen molar-refractivity contribution in [3.8, 4) is 5.75 Å². The number of benzene rings is 1. The predicted molar refractivity (Wildman–Crippen MR) is 79.5 cm³/mol. The average molecular weight is 262 g/mol. The molecule has 0 amide bonds. The third-order valence-corrected chi connectivity index (χ3v) is 4.14. The summed E-state index contributed by atoms with van der Waals surface area (Å²) in [5, 5.41) is 13.3. The van der Waals surface area contributed by atoms with E-state index < -0.39 is 0 Å². The molecule has 3 heteroatoms. The van der Waals surface area contributed by atoms with Gasteiger partial charge in [0.15, 0.2) is 0 Å². The first kappa shape index (κ1) is 14.4. The van der Waals surface area contributed by atoms with Gasteiger partial charge < -0.3 is 10.4 Å². The molecule has 19 heavy (non-hydrogen) atoms. The Bertz CT molecular complexity index is 417. The quantitative estimate of drug-likeness (QED) is 0.827. The van der Waals surface area contributed by atoms with Crippen LogP contribution in [-0.2, 0) is 6.54 Å². The molecule has 0 bridgehead atoms. The van der Waals surface area contributed by atoms with Gasteiger partial charge in [0.2, 0.25) is 0 Å². The van der Waals surface area contributed by atoms with Crippen molar-refractivity contribution in [1.82, 2.24) is 10.2 Å². The lowest BCUT2D eigenvalue weighted by Crippen LogP contribution is -2.38. The van der Waals surface area contributed by atoms with Gasteiger partial charge >= 0.3 is 0 Å². The van der Waals surface area contributed by atoms with Crippen LogP contribution in [0.1, 0.15) is 36.5 Å². The zero-order valence-electron chi connectivity index (χ0n) is 12.5. The van der Waals surface area contributed by atoms with Crippen molar-refractivity contribution in [2.24, 2.45) is 0 Å². The Morgan fingerprint density at radius 2 is 1.89 bits per heavy atom. The highest BCUT2D eigenvalue weighted by Crippen LogP contribution is 2.26. The summed E-state index contributed by atoms with van der Waals surface area (Å²) in [4.78, 5) is 2.47. The van der Waals surface area contributed by atoms with Crippen LogP contribution in [-0.4, -0.2) is 35.7 Å². The van der Waals surface area contributed by atoms with Gasteiger partial charge in [-0.25, -0.2) is 0 Å². The van der Waals surface area contributed by atoms with Crippen LogP contribution in [0.3, 0.4) is 0 Å². The zero-order valence-corrected chi connectivity index (χ0v) is 12.5. The molecule has 0 heterocycles. The normalized spacial score (nSPS) is 16.9. The van der Waals surface area contributed by atoms with Gasteiger partial charge in [-0.15, -0.1) is 0 Å². The molecule has 0 spiro atoms. The molecule has 0 aromatic heterocycles. The largest absolute Gasteiger partial charge is 0.507 e. The fraction of sp³-hybridized carbons (Fsp3) is 0.625. The van der Waals surface area contributed by atoms with Crippen molar-refractivity contribution in [2.75, 3.05) is 13.6 Å². The van der Waals surface area contributed by atoms with E-state index in [1.807, 2.05) is 13.8 Å². The minimum absolute atomic E-state index is 0.422. The first-order valence-corrected chi connectivity index (χ1v) is 7.20. The maximum Gasteiger partial charge on any atom is 0.121 e. The van der Waals surface area contributed by atoms with Crippen LogP contribution in [0, 0.1) is 13.8 Å². The smallest absolute Gasteiger partial charge is 0.121 e. The summed E-state index contributed by atoms with van der Waals surface area (Å²) < 4.78 is 0. The Kier molecular flexibility index (Phi) is 4.48. The number of aromatic hydroxyl groups is 1. The summed E-state index contributed by atoms with van der Waals surface area (Å²) in [6, 6.07) is 5.51. The molecule has 1 aliphatic carbocycles. The van der Waals surface area contributed by atoms with E-state index in [0.717, 1.165) is 30.3 Å². The predicted octanol–water partition coefficient (Wildman–Crippen LogP) is 2.58. The number of hydrogen-bond acceptors (Lipinski definition) is 3. The fourth-order valence-corrected chi connectivity index (χ4v) is 2.56. The molecule has 1 aromatic carbocycles. The van der Waals surface area contributed by atoms with Crippen LogP contribution in [0.5, 0.6) is 5.75 Å². The molecule has 1 atom stereocenters. The number of aryl methyl sites for hydroxylation is 2. The van der Waals surface area contributed by atoms with Gasteiger partial charge in [-0.3, -0.25) is 4.90 Å². The summed E-state index contributed by atoms with van der Waals surface area (Å²) in [6.45, 7) is 8.06. The summed E-state index contributed by atoms with van der Waals surface area (Å²) >= 11 is 0. The lowest BCUT2D eigenvalue weighted by molar-refractivity contribution is 0.241. The summed E-state index contributed by atoms with van der Waals surface area (Å²) in [5.74, 6) is 0.422. The zero-order chi connectivity index (χ0) is 14.0. The molecule has 1 fully saturated rings. The van der Waals surface area contributed by atoms with Crippen molar-refractivity contribution >= 4 is 0 Å². The second-order valence-electron chi connectivity index (χ2n) is 5.95. The number of nitrogens with zero attached hydrogens (tertiary/aromatic N) is 1. The molecule has 106 valence electrons. The van der Waals surface area contributed by atoms with Crippen LogP contribution < -0.4 is 5.32 Å². The van der Waals surface area contributed by atoms with Crippen molar-refractivity contribution in [2.45, 2.75) is 52.2 Å². The molecule has 3 nitrogen and oxygen atoms in total. The Morgan fingerprint density at radius 1 is 1.32 bits per heavy atom. The maximum absolute atomic E-state index is 9.76. The molecule has 0 aliphatic heterocycles. The molecular formula is C16H26N2O. The highest BCUT2D eigenvalue weighted by Gasteiger charge is 2.28. The SMILES string of the molecule is Cc1cc(CNCC(C)N(C)C2CC2)cc(C)c1O. The molecule has 0 saturated heterocycles. The first-order valence-electron chi connectivity index (χ1n) is 7.20. The Labute approximate surface area is 116 Å². The standard InChI is InChI=1S/C16H26N2O/c1-11-7-14(8-12(2)16(11)19)10-17-9-13(3)18(4)15-5-6-15/h7-8,13,15,17,19H,5-6,9-10H2,1-4H3. The lowest BCUT2D eigenvalue weighted by Gasteiger charge is -2.24. The number of likely N-dealkylation sites (N-methyl/N-ethyl adjacent to an activating group) is 1. The van der Waals surface area contributed by atoms with E-state index in [-0.39, 0.29) is 0 Å². The third kappa shape index (κ3) is 3.71. The van der Waals surface area contributed by atoms with Crippen LogP contribution >= 0.6 is 0 Å². The summed E-state index contributed by atoms with van der Waals surface area (Å²) in [5.41, 5.74) is 3.16. The van der Waals surface area contributed by atoms with Gasteiger partial charge in [0, 0.05) is 25.2 Å². The summed E-state index contributed by atoms with van der Waals surface area (Å²) in [6.07, 6.45) is 2.72. The fourth-order valence-electron chi connectivity index (χ4n) is 2.56. The van der Waals surface area contributed by atoms with E-state index in [1.54, 1.807) is 0 Å². The molecule has 1 aliphatic rings. The molecule has 2 N–H and O–H groups in total. The van der Waals surface area contributed by atoms with Crippen LogP contribution in [0.15, 0.2) is 12.1 Å². The molecular weight excluding hydrogens is 236 g/mol. The van der Waals surface area contributed by atoms with Gasteiger partial charge in [-0.05, 0) is 57.4 Å². The topological polar surface area (TPSA) is 35.5 Å². The van der Waals surface area contributed by atoms with Gasteiger partial charge in [-0.2, -0.15) is 0 Å². The van der Waals surface area contributed by atoms with E-state index in [9.17, 15) is 5.11 Å². The Morgan fingerprint density at radius 3 is 2.42 bits per heavy atom. The molecule has 1 saturated carbocycles. The molecule has 1 aromatic rings. The van der Waals surface area contributed by atoms with Crippen molar-refractivity contribution in [3.63, 3.8) is 0 Å². The Hall–Kier alpha value is -1.06. The van der Waals surface area contributed by atoms with E-state index in [0.29, 0.717) is 11.8 Å². The molecule has 1 unspecified atom stereocenters. The summed E-state index contributed by atoms with van der Waals surface area (Å²) in [7, 11) is 2.22. The third-order valence-electron chi connectivity index (χ3n) is 4.14. The van der Waals surface area contributed by atoms with Crippen LogP contribution in [0.2, 0.25) is 0 Å². The van der Waals surface area contributed by atoms with Gasteiger partial charge in [-0.1, -0.05) is 12.1 Å². The van der Waals surface area contributed by atoms with Crippen molar-refractivity contribution < 1.29 is 5.11 Å². The second-order valence-corrected chi connectivity index (χ2v) is 5.95. The van der Waals surface area contributed by atoms with E-state index in [4.69, 9.17) is 0 Å². The van der Waals surface area contributed by atoms with Crippen LogP contribution in [0.25, 0.3) is 0 Å². The van der Waals surface area contributed by atoms with Gasteiger partial charge in [0.25, 0.3) is 0 Å². The monoisotopic (exact) mass is 262 g/mol. The minimum Gasteiger partial charge on any atom is -0.507 e. The lowest BCUT2D eigenvalue weighted by atomic mass is 10.1. The number of nitrogens with one attached hydrogen (secondary N) is 1. The van der Waals surface area contributed by atoms with E-state index >= 15 is 0 Å². The van der Waals surface area contributed by atoms with Gasteiger partial charge in [0.1, 0.15) is 5.75 Å². The Balaban J connectivity index is 1.82. The second kappa shape index (κ2) is 5.93. The maximum atomic E-state index is 9.76. The highest BCUT2D eigenvalue weighted by molar-refractivity contribution is 5.42. The number of phenolic OH excluding ortho intramolecular Hbond substituents is 1. The number of phenols is 1. The number of rotatable bonds is 6. The average Bonchev–Trinajstić information content (AvgIpc) is 3.19. The van der Waals surface area contributed by atoms with Crippen LogP contribution in [0.4, 0.5) is 0 Å². The number of hydrogen-bond donors (Lipinski definition) is 2. The van der Waals surface area contributed by atoms with E-state index in [2.05, 4.69) is 36.3 Å². The highest BCUT2D eigenvalue weighted by atomic mass is 16.3. The molecule has 0 radical (unpaired) electrons. The minimum atomic E-state index is 0.422. The van der Waals surface area contributed by atoms with E-state index in [1.165, 1.54) is 18.4 Å². The molecule has 2 rings (SSSR count). The van der Waals surface area contributed by atoms with Gasteiger partial charge in [0.05, 0.1) is 0 Å². The van der Waals surface area contributed by atoms with Crippen molar-refractivity contribution in [3.05, 3.63) is 28.8 Å². The first-order chi connectivity index (χ1) is 8.99. The van der Waals surface area contributed by atoms with Crippen molar-refractivity contribution in [1.29, 1.82) is 0 Å².